The number of hydrogen-bond acceptors (Lipinski definition) is 6. The van der Waals surface area contributed by atoms with E-state index in [9.17, 15) is 19.0 Å². The van der Waals surface area contributed by atoms with Crippen molar-refractivity contribution in [1.82, 2.24) is 5.32 Å². The number of carbonyl (C=O) groups is 2. The highest BCUT2D eigenvalue weighted by Crippen LogP contribution is 2.43. The van der Waals surface area contributed by atoms with Crippen molar-refractivity contribution in [2.45, 2.75) is 405 Å². The molecule has 0 bridgehead atoms. The van der Waals surface area contributed by atoms with Crippen LogP contribution < -0.4 is 5.32 Å². The van der Waals surface area contributed by atoms with Crippen LogP contribution in [0.4, 0.5) is 0 Å². The zero-order valence-electron chi connectivity index (χ0n) is 59.0. The van der Waals surface area contributed by atoms with Gasteiger partial charge in [0.2, 0.25) is 5.91 Å². The number of allylic oxidation sites excluding steroid dienone is 5. The van der Waals surface area contributed by atoms with E-state index in [1.165, 1.54) is 295 Å². The monoisotopic (exact) mass is 1250 g/mol. The van der Waals surface area contributed by atoms with Gasteiger partial charge in [-0.25, -0.2) is 4.57 Å². The number of phosphoric acid groups is 1. The number of esters is 1. The molecule has 0 heterocycles. The molecular weight excluding hydrogens is 1100 g/mol. The predicted octanol–water partition coefficient (Wildman–Crippen LogP) is 24.6. The van der Waals surface area contributed by atoms with Crippen molar-refractivity contribution in [2.75, 3.05) is 40.9 Å². The molecule has 2 N–H and O–H groups in total. The number of nitrogens with zero attached hydrogens (tertiary/aromatic N) is 1. The van der Waals surface area contributed by atoms with Crippen LogP contribution in [0.1, 0.15) is 393 Å². The molecule has 514 valence electrons. The Bertz CT molecular complexity index is 1580. The second kappa shape index (κ2) is 67.1. The third kappa shape index (κ3) is 68.4. The molecule has 0 aromatic carbocycles. The summed E-state index contributed by atoms with van der Waals surface area (Å²) < 4.78 is 30.9. The summed E-state index contributed by atoms with van der Waals surface area (Å²) in [6.07, 6.45) is 84.6. The van der Waals surface area contributed by atoms with Crippen LogP contribution in [0.25, 0.3) is 0 Å². The van der Waals surface area contributed by atoms with E-state index in [0.29, 0.717) is 23.9 Å². The summed E-state index contributed by atoms with van der Waals surface area (Å²) in [6, 6.07) is -0.844. The lowest BCUT2D eigenvalue weighted by molar-refractivity contribution is -0.870. The van der Waals surface area contributed by atoms with E-state index < -0.39 is 20.0 Å². The number of hydrogen-bond donors (Lipinski definition) is 2. The average molecular weight is 1250 g/mol. The Morgan fingerprint density at radius 3 is 1.06 bits per heavy atom. The molecule has 0 aliphatic carbocycles. The van der Waals surface area contributed by atoms with Crippen LogP contribution in [0, 0.1) is 0 Å². The van der Waals surface area contributed by atoms with E-state index in [4.69, 9.17) is 13.8 Å². The van der Waals surface area contributed by atoms with Gasteiger partial charge in [-0.3, -0.25) is 18.6 Å². The molecule has 9 nitrogen and oxygen atoms in total. The summed E-state index contributed by atoms with van der Waals surface area (Å²) in [4.78, 5) is 38.0. The van der Waals surface area contributed by atoms with E-state index in [0.717, 1.165) is 64.2 Å². The molecule has 0 aliphatic heterocycles. The molecule has 87 heavy (non-hydrogen) atoms. The van der Waals surface area contributed by atoms with Crippen LogP contribution in [0.3, 0.4) is 0 Å². The molecule has 0 aromatic heterocycles. The topological polar surface area (TPSA) is 111 Å². The van der Waals surface area contributed by atoms with Crippen LogP contribution in [-0.4, -0.2) is 74.3 Å². The Morgan fingerprint density at radius 2 is 0.701 bits per heavy atom. The molecule has 0 aromatic rings. The number of unbranched alkanes of at least 4 members (excludes halogenated alkanes) is 51. The van der Waals surface area contributed by atoms with E-state index in [-0.39, 0.29) is 25.1 Å². The van der Waals surface area contributed by atoms with Crippen molar-refractivity contribution in [3.63, 3.8) is 0 Å². The third-order valence-electron chi connectivity index (χ3n) is 17.6. The van der Waals surface area contributed by atoms with E-state index in [2.05, 4.69) is 56.5 Å². The molecular formula is C77H150N2O7P+. The lowest BCUT2D eigenvalue weighted by atomic mass is 10.0. The third-order valence-corrected chi connectivity index (χ3v) is 18.6. The van der Waals surface area contributed by atoms with Crippen molar-refractivity contribution in [3.05, 3.63) is 36.5 Å². The first-order chi connectivity index (χ1) is 42.4. The minimum atomic E-state index is -4.45. The summed E-state index contributed by atoms with van der Waals surface area (Å²) in [5, 5.41) is 3.08. The molecule has 0 rings (SSSR count). The number of amides is 1. The second-order valence-electron chi connectivity index (χ2n) is 27.5. The fraction of sp³-hybridized carbons (Fsp3) is 0.896. The van der Waals surface area contributed by atoms with Crippen molar-refractivity contribution in [3.8, 4) is 0 Å². The van der Waals surface area contributed by atoms with Crippen LogP contribution >= 0.6 is 7.82 Å². The smallest absolute Gasteiger partial charge is 0.456 e. The van der Waals surface area contributed by atoms with Gasteiger partial charge in [0.1, 0.15) is 19.3 Å². The summed E-state index contributed by atoms with van der Waals surface area (Å²) in [7, 11) is 1.52. The van der Waals surface area contributed by atoms with Crippen LogP contribution in [-0.2, 0) is 27.9 Å². The predicted molar refractivity (Wildman–Crippen MR) is 379 cm³/mol. The normalized spacial score (nSPS) is 13.6. The number of likely N-dealkylation sites (N-methyl/N-ethyl adjacent to an activating group) is 1. The number of carbonyl (C=O) groups excluding carboxylic acids is 2. The average Bonchev–Trinajstić information content (AvgIpc) is 3.70. The molecule has 0 fully saturated rings. The molecule has 0 aliphatic rings. The Labute approximate surface area is 542 Å². The maximum Gasteiger partial charge on any atom is 0.472 e. The number of nitrogens with one attached hydrogen (secondary N) is 1. The highest BCUT2D eigenvalue weighted by molar-refractivity contribution is 7.47. The number of quaternary nitrogens is 1. The van der Waals surface area contributed by atoms with Crippen molar-refractivity contribution < 1.29 is 37.3 Å². The first-order valence-electron chi connectivity index (χ1n) is 38.3. The van der Waals surface area contributed by atoms with Gasteiger partial charge in [0, 0.05) is 12.8 Å². The van der Waals surface area contributed by atoms with Crippen molar-refractivity contribution >= 4 is 19.7 Å². The second-order valence-corrected chi connectivity index (χ2v) is 29.0. The Morgan fingerprint density at radius 1 is 0.402 bits per heavy atom. The van der Waals surface area contributed by atoms with Crippen LogP contribution in [0.2, 0.25) is 0 Å². The molecule has 3 unspecified atom stereocenters. The summed E-state index contributed by atoms with van der Waals surface area (Å²) in [5.74, 6) is -0.481. The quantitative estimate of drug-likeness (QED) is 0.0205. The van der Waals surface area contributed by atoms with Crippen LogP contribution in [0.15, 0.2) is 36.5 Å². The van der Waals surface area contributed by atoms with Gasteiger partial charge >= 0.3 is 13.8 Å². The van der Waals surface area contributed by atoms with Gasteiger partial charge in [-0.05, 0) is 63.9 Å². The minimum absolute atomic E-state index is 0.0439. The van der Waals surface area contributed by atoms with Gasteiger partial charge in [0.15, 0.2) is 0 Å². The maximum absolute atomic E-state index is 13.6. The largest absolute Gasteiger partial charge is 0.472 e. The summed E-state index contributed by atoms with van der Waals surface area (Å²) >= 11 is 0. The van der Waals surface area contributed by atoms with Gasteiger partial charge in [0.25, 0.3) is 0 Å². The van der Waals surface area contributed by atoms with Gasteiger partial charge in [-0.15, -0.1) is 0 Å². The van der Waals surface area contributed by atoms with Gasteiger partial charge in [0.05, 0.1) is 33.8 Å². The number of rotatable bonds is 71. The fourth-order valence-corrected chi connectivity index (χ4v) is 12.4. The minimum Gasteiger partial charge on any atom is -0.456 e. The number of ether oxygens (including phenoxy) is 1. The molecule has 1 amide bonds. The van der Waals surface area contributed by atoms with Crippen molar-refractivity contribution in [2.24, 2.45) is 0 Å². The highest BCUT2D eigenvalue weighted by Gasteiger charge is 2.30. The van der Waals surface area contributed by atoms with E-state index >= 15 is 0 Å². The first-order valence-corrected chi connectivity index (χ1v) is 39.8. The molecule has 10 heteroatoms. The Kier molecular flexibility index (Phi) is 65.8. The van der Waals surface area contributed by atoms with E-state index in [1.54, 1.807) is 0 Å². The van der Waals surface area contributed by atoms with E-state index in [1.807, 2.05) is 27.2 Å². The summed E-state index contributed by atoms with van der Waals surface area (Å²) in [6.45, 7) is 7.06. The molecule has 3 atom stereocenters. The first kappa shape index (κ1) is 85.2. The lowest BCUT2D eigenvalue weighted by Gasteiger charge is -2.27. The molecule has 0 saturated carbocycles. The zero-order chi connectivity index (χ0) is 63.5. The van der Waals surface area contributed by atoms with Gasteiger partial charge in [-0.2, -0.15) is 0 Å². The molecule has 0 radical (unpaired) electrons. The van der Waals surface area contributed by atoms with Crippen molar-refractivity contribution in [1.29, 1.82) is 0 Å². The van der Waals surface area contributed by atoms with Gasteiger partial charge in [-0.1, -0.05) is 353 Å². The maximum atomic E-state index is 13.6. The molecule has 0 spiro atoms. The van der Waals surface area contributed by atoms with Gasteiger partial charge < -0.3 is 19.4 Å². The highest BCUT2D eigenvalue weighted by atomic mass is 31.2. The Balaban J connectivity index is 4.88. The number of phosphoric ester groups is 1. The SMILES string of the molecule is CCCCC/C=C\C/C=C\CCCCCCCCCCCCCCCCCCCC(=O)NC(COP(=O)(O)OCC[N+](C)(C)C)C(/C=C/CCCCCCCCCCC)OC(=O)CCCCCCCCCCCCCCCCCCCCCCCCC. The molecule has 0 saturated heterocycles. The zero-order valence-corrected chi connectivity index (χ0v) is 59.9. The Hall–Kier alpha value is -1.77. The van der Waals surface area contributed by atoms with Crippen LogP contribution in [0.5, 0.6) is 0 Å². The fourth-order valence-electron chi connectivity index (χ4n) is 11.7. The standard InChI is InChI=1S/C77H149N2O7P/c1-7-10-13-16-19-22-25-27-29-31-33-35-37-38-39-40-42-43-45-47-49-51-54-57-60-63-66-69-76(80)78-74(73-85-87(82,83)84-72-71-79(4,5)6)75(68-65-62-59-56-53-24-21-18-15-12-9-3)86-77(81)70-67-64-61-58-55-52-50-48-46-44-41-36-34-32-30-28-26-23-20-17-14-11-8-2/h19,22,27,29,65,68,74-75H,7-18,20-21,23-26,28,30-64,66-67,69-73H2,1-6H3,(H-,78,80,82,83)/p+1/b22-19-,29-27-,68-65+. The summed E-state index contributed by atoms with van der Waals surface area (Å²) in [5.41, 5.74) is 0. The lowest BCUT2D eigenvalue weighted by Crippen LogP contribution is -2.47.